The number of carbonyl (C=O) groups excluding carboxylic acids is 1. The van der Waals surface area contributed by atoms with Crippen LogP contribution in [0.4, 0.5) is 5.82 Å². The van der Waals surface area contributed by atoms with Crippen LogP contribution >= 0.6 is 22.6 Å². The Labute approximate surface area is 172 Å². The first-order chi connectivity index (χ1) is 13.0. The Morgan fingerprint density at radius 2 is 2.00 bits per heavy atom. The second-order valence-corrected chi connectivity index (χ2v) is 7.32. The minimum absolute atomic E-state index is 0.144. The number of ether oxygens (including phenoxy) is 3. The van der Waals surface area contributed by atoms with Crippen LogP contribution in [0.1, 0.15) is 28.8 Å². The molecule has 0 aliphatic carbocycles. The predicted molar refractivity (Wildman–Crippen MR) is 110 cm³/mol. The molecule has 0 atom stereocenters. The Hall–Kier alpha value is -2.10. The van der Waals surface area contributed by atoms with Crippen molar-refractivity contribution in [2.75, 3.05) is 32.2 Å². The fraction of sp³-hybridized carbons (Fsp3) is 0.421. The van der Waals surface area contributed by atoms with Crippen molar-refractivity contribution in [2.24, 2.45) is 0 Å². The third-order valence-corrected chi connectivity index (χ3v) is 5.33. The van der Waals surface area contributed by atoms with Crippen LogP contribution in [-0.2, 0) is 4.74 Å². The standard InChI is InChI=1S/C19H22IN3O4/c1-12-10-15(19(24)26-3)17(20)22-18(12)23-8-6-13(7-9-23)27-14-4-5-16(25-2)21-11-14/h4-5,10-11,13H,6-9H2,1-3H3. The van der Waals surface area contributed by atoms with E-state index >= 15 is 0 Å². The number of methoxy groups -OCH3 is 2. The molecule has 1 fully saturated rings. The summed E-state index contributed by atoms with van der Waals surface area (Å²) in [6.07, 6.45) is 3.61. The van der Waals surface area contributed by atoms with Crippen molar-refractivity contribution in [1.29, 1.82) is 0 Å². The number of halogens is 1. The zero-order valence-electron chi connectivity index (χ0n) is 15.6. The Morgan fingerprint density at radius 1 is 1.26 bits per heavy atom. The highest BCUT2D eigenvalue weighted by Gasteiger charge is 2.24. The van der Waals surface area contributed by atoms with Gasteiger partial charge in [0.15, 0.2) is 0 Å². The van der Waals surface area contributed by atoms with Crippen LogP contribution in [0.15, 0.2) is 24.4 Å². The van der Waals surface area contributed by atoms with Crippen molar-refractivity contribution in [3.05, 3.63) is 39.2 Å². The lowest BCUT2D eigenvalue weighted by Gasteiger charge is -2.33. The normalized spacial score (nSPS) is 14.7. The Kier molecular flexibility index (Phi) is 6.35. The van der Waals surface area contributed by atoms with Gasteiger partial charge in [-0.15, -0.1) is 0 Å². The van der Waals surface area contributed by atoms with Crippen LogP contribution in [0.25, 0.3) is 0 Å². The minimum Gasteiger partial charge on any atom is -0.489 e. The lowest BCUT2D eigenvalue weighted by molar-refractivity contribution is 0.0599. The lowest BCUT2D eigenvalue weighted by atomic mass is 10.1. The van der Waals surface area contributed by atoms with Gasteiger partial charge >= 0.3 is 5.97 Å². The molecule has 3 rings (SSSR count). The van der Waals surface area contributed by atoms with Crippen LogP contribution in [0.5, 0.6) is 11.6 Å². The van der Waals surface area contributed by atoms with E-state index < -0.39 is 0 Å². The topological polar surface area (TPSA) is 73.8 Å². The number of piperidine rings is 1. The molecule has 0 bridgehead atoms. The molecule has 2 aromatic heterocycles. The highest BCUT2D eigenvalue weighted by Crippen LogP contribution is 2.27. The fourth-order valence-corrected chi connectivity index (χ4v) is 3.69. The Morgan fingerprint density at radius 3 is 2.59 bits per heavy atom. The van der Waals surface area contributed by atoms with Crippen molar-refractivity contribution in [1.82, 2.24) is 9.97 Å². The number of anilines is 1. The molecule has 0 spiro atoms. The van der Waals surface area contributed by atoms with Gasteiger partial charge in [0.1, 0.15) is 21.4 Å². The maximum atomic E-state index is 11.8. The second-order valence-electron chi connectivity index (χ2n) is 6.30. The van der Waals surface area contributed by atoms with Gasteiger partial charge in [0.05, 0.1) is 26.0 Å². The van der Waals surface area contributed by atoms with Crippen molar-refractivity contribution in [3.63, 3.8) is 0 Å². The number of nitrogens with zero attached hydrogens (tertiary/aromatic N) is 3. The van der Waals surface area contributed by atoms with Gasteiger partial charge in [-0.05, 0) is 47.2 Å². The molecule has 8 heteroatoms. The molecule has 0 saturated carbocycles. The molecular weight excluding hydrogens is 461 g/mol. The molecule has 0 aromatic carbocycles. The molecule has 0 amide bonds. The van der Waals surface area contributed by atoms with Gasteiger partial charge in [-0.3, -0.25) is 0 Å². The maximum Gasteiger partial charge on any atom is 0.340 e. The Balaban J connectivity index is 1.63. The third kappa shape index (κ3) is 4.60. The smallest absolute Gasteiger partial charge is 0.340 e. The molecule has 0 N–H and O–H groups in total. The number of esters is 1. The summed E-state index contributed by atoms with van der Waals surface area (Å²) in [4.78, 5) is 22.9. The van der Waals surface area contributed by atoms with E-state index in [1.807, 2.05) is 19.1 Å². The molecule has 1 aliphatic heterocycles. The van der Waals surface area contributed by atoms with Gasteiger partial charge in [-0.2, -0.15) is 0 Å². The number of rotatable bonds is 5. The van der Waals surface area contributed by atoms with Gasteiger partial charge < -0.3 is 19.1 Å². The summed E-state index contributed by atoms with van der Waals surface area (Å²) in [6.45, 7) is 3.65. The molecule has 144 valence electrons. The molecule has 1 aliphatic rings. The van der Waals surface area contributed by atoms with Crippen LogP contribution in [0.3, 0.4) is 0 Å². The molecule has 2 aromatic rings. The van der Waals surface area contributed by atoms with E-state index in [0.29, 0.717) is 15.1 Å². The average molecular weight is 483 g/mol. The molecule has 0 radical (unpaired) electrons. The maximum absolute atomic E-state index is 11.8. The van der Waals surface area contributed by atoms with E-state index in [4.69, 9.17) is 14.2 Å². The molecule has 3 heterocycles. The predicted octanol–water partition coefficient (Wildman–Crippen LogP) is 3.23. The second kappa shape index (κ2) is 8.73. The lowest BCUT2D eigenvalue weighted by Crippen LogP contribution is -2.39. The van der Waals surface area contributed by atoms with E-state index in [1.54, 1.807) is 19.4 Å². The summed E-state index contributed by atoms with van der Waals surface area (Å²) < 4.78 is 16.6. The summed E-state index contributed by atoms with van der Waals surface area (Å²) in [6, 6.07) is 5.52. The van der Waals surface area contributed by atoms with Crippen molar-refractivity contribution < 1.29 is 19.0 Å². The van der Waals surface area contributed by atoms with Gasteiger partial charge in [0.2, 0.25) is 5.88 Å². The first kappa shape index (κ1) is 19.7. The minimum atomic E-state index is -0.359. The number of hydrogen-bond donors (Lipinski definition) is 0. The SMILES string of the molecule is COC(=O)c1cc(C)c(N2CCC(Oc3ccc(OC)nc3)CC2)nc1I. The third-order valence-electron chi connectivity index (χ3n) is 4.51. The van der Waals surface area contributed by atoms with E-state index in [-0.39, 0.29) is 12.1 Å². The van der Waals surface area contributed by atoms with E-state index in [1.165, 1.54) is 7.11 Å². The van der Waals surface area contributed by atoms with Crippen molar-refractivity contribution in [3.8, 4) is 11.6 Å². The van der Waals surface area contributed by atoms with Gasteiger partial charge in [-0.25, -0.2) is 14.8 Å². The first-order valence-electron chi connectivity index (χ1n) is 8.69. The quantitative estimate of drug-likeness (QED) is 0.367. The largest absolute Gasteiger partial charge is 0.489 e. The fourth-order valence-electron chi connectivity index (χ4n) is 3.09. The number of aromatic nitrogens is 2. The number of aryl methyl sites for hydroxylation is 1. The highest BCUT2D eigenvalue weighted by molar-refractivity contribution is 14.1. The molecule has 27 heavy (non-hydrogen) atoms. The van der Waals surface area contributed by atoms with Crippen LogP contribution < -0.4 is 14.4 Å². The van der Waals surface area contributed by atoms with E-state index in [9.17, 15) is 4.79 Å². The van der Waals surface area contributed by atoms with E-state index in [0.717, 1.165) is 43.1 Å². The number of hydrogen-bond acceptors (Lipinski definition) is 7. The summed E-state index contributed by atoms with van der Waals surface area (Å²) in [5, 5.41) is 0. The number of carbonyl (C=O) groups is 1. The highest BCUT2D eigenvalue weighted by atomic mass is 127. The van der Waals surface area contributed by atoms with Gasteiger partial charge in [-0.1, -0.05) is 0 Å². The van der Waals surface area contributed by atoms with E-state index in [2.05, 4.69) is 37.5 Å². The molecular formula is C19H22IN3O4. The van der Waals surface area contributed by atoms with Gasteiger partial charge in [0.25, 0.3) is 0 Å². The zero-order valence-corrected chi connectivity index (χ0v) is 17.7. The van der Waals surface area contributed by atoms with Crippen molar-refractivity contribution in [2.45, 2.75) is 25.9 Å². The monoisotopic (exact) mass is 483 g/mol. The molecule has 0 unspecified atom stereocenters. The van der Waals surface area contributed by atoms with Crippen molar-refractivity contribution >= 4 is 34.4 Å². The number of pyridine rings is 2. The van der Waals surface area contributed by atoms with Crippen LogP contribution in [0, 0.1) is 10.6 Å². The Bertz CT molecular complexity index is 805. The summed E-state index contributed by atoms with van der Waals surface area (Å²) in [7, 11) is 2.97. The first-order valence-corrected chi connectivity index (χ1v) is 9.76. The van der Waals surface area contributed by atoms with Crippen LogP contribution in [0.2, 0.25) is 0 Å². The summed E-state index contributed by atoms with van der Waals surface area (Å²) in [5.41, 5.74) is 1.47. The summed E-state index contributed by atoms with van der Waals surface area (Å²) in [5.74, 6) is 1.88. The summed E-state index contributed by atoms with van der Waals surface area (Å²) >= 11 is 2.08. The molecule has 1 saturated heterocycles. The van der Waals surface area contributed by atoms with Gasteiger partial charge in [0, 0.05) is 32.0 Å². The zero-order chi connectivity index (χ0) is 19.4. The average Bonchev–Trinajstić information content (AvgIpc) is 2.70. The molecule has 7 nitrogen and oxygen atoms in total. The van der Waals surface area contributed by atoms with Crippen LogP contribution in [-0.4, -0.2) is 49.4 Å².